The topological polar surface area (TPSA) is 169 Å². The van der Waals surface area contributed by atoms with Gasteiger partial charge in [-0.15, -0.1) is 0 Å². The summed E-state index contributed by atoms with van der Waals surface area (Å²) in [5.41, 5.74) is 8.97. The van der Waals surface area contributed by atoms with Crippen LogP contribution in [0.2, 0.25) is 10.0 Å². The highest BCUT2D eigenvalue weighted by Gasteiger charge is 2.28. The highest BCUT2D eigenvalue weighted by Crippen LogP contribution is 2.29. The Morgan fingerprint density at radius 1 is 0.735 bits per heavy atom. The van der Waals surface area contributed by atoms with Crippen LogP contribution in [0.25, 0.3) is 22.8 Å². The van der Waals surface area contributed by atoms with Crippen LogP contribution in [0.1, 0.15) is 22.5 Å². The van der Waals surface area contributed by atoms with Gasteiger partial charge in [0.15, 0.2) is 0 Å². The number of amides is 4. The predicted octanol–water partition coefficient (Wildman–Crippen LogP) is 6.10. The average molecular weight is 700 g/mol. The molecule has 0 unspecified atom stereocenters. The van der Waals surface area contributed by atoms with Gasteiger partial charge in [-0.25, -0.2) is 9.59 Å². The van der Waals surface area contributed by atoms with Gasteiger partial charge in [0, 0.05) is 89.3 Å². The third kappa shape index (κ3) is 7.00. The van der Waals surface area contributed by atoms with E-state index in [1.807, 2.05) is 37.4 Å². The Morgan fingerprint density at radius 3 is 1.82 bits per heavy atom. The number of benzene rings is 2. The summed E-state index contributed by atoms with van der Waals surface area (Å²) in [4.78, 5) is 28.7. The van der Waals surface area contributed by atoms with Crippen molar-refractivity contribution < 1.29 is 9.59 Å². The number of anilines is 2. The smallest absolute Gasteiger partial charge is 0.320 e. The normalized spacial score (nSPS) is 13.6. The van der Waals surface area contributed by atoms with Gasteiger partial charge in [-0.05, 0) is 48.5 Å². The molecule has 0 aliphatic carbocycles. The zero-order valence-corrected chi connectivity index (χ0v) is 27.9. The van der Waals surface area contributed by atoms with Gasteiger partial charge in [-0.2, -0.15) is 20.4 Å². The van der Waals surface area contributed by atoms with E-state index >= 15 is 0 Å². The number of H-pyrrole nitrogens is 3. The summed E-state index contributed by atoms with van der Waals surface area (Å²) in [6.45, 7) is 2.25. The van der Waals surface area contributed by atoms with Crippen molar-refractivity contribution in [1.29, 1.82) is 0 Å². The second kappa shape index (κ2) is 13.9. The molecule has 0 saturated carbocycles. The molecule has 2 aliphatic rings. The summed E-state index contributed by atoms with van der Waals surface area (Å²) < 4.78 is 1.78. The number of aryl methyl sites for hydroxylation is 1. The molecule has 0 bridgehead atoms. The molecule has 6 aromatic rings. The number of carbonyl (C=O) groups is 2. The van der Waals surface area contributed by atoms with Gasteiger partial charge >= 0.3 is 12.1 Å². The van der Waals surface area contributed by atoms with Crippen molar-refractivity contribution >= 4 is 46.6 Å². The highest BCUT2D eigenvalue weighted by atomic mass is 35.5. The Kier molecular flexibility index (Phi) is 9.05. The zero-order valence-electron chi connectivity index (χ0n) is 26.4. The van der Waals surface area contributed by atoms with Crippen LogP contribution in [0.3, 0.4) is 0 Å². The van der Waals surface area contributed by atoms with E-state index in [1.54, 1.807) is 57.2 Å². The van der Waals surface area contributed by atoms with Crippen LogP contribution in [0.15, 0.2) is 73.1 Å². The fourth-order valence-electron chi connectivity index (χ4n) is 5.90. The number of aromatic amines is 3. The molecule has 0 fully saturated rings. The number of carbonyl (C=O) groups excluding carboxylic acids is 2. The standard InChI is InChI=1S/C17H17ClN6O.C16H15ClN6O/c1-23-15(5-7-19-23)16-13-10-24(8-6-14(13)21-22-16)17(25)20-12-4-2-3-11(18)9-12;17-10-2-1-3-11(8-10)19-16(24)23-7-5-13-12(9-23)15(22-21-13)14-4-6-18-20-14/h2-5,7,9H,6,8,10H2,1H3,(H,20,25)(H,21,22);1-4,6,8H,5,7,9H2,(H,18,20)(H,19,24)(H,21,22). The van der Waals surface area contributed by atoms with Crippen molar-refractivity contribution in [3.05, 3.63) is 106 Å². The van der Waals surface area contributed by atoms with Crippen LogP contribution < -0.4 is 10.6 Å². The highest BCUT2D eigenvalue weighted by molar-refractivity contribution is 6.31. The number of nitrogens with zero attached hydrogens (tertiary/aromatic N) is 7. The third-order valence-corrected chi connectivity index (χ3v) is 8.88. The number of hydrogen-bond acceptors (Lipinski definition) is 6. The SMILES string of the molecule is Cn1nccc1-c1n[nH]c2c1CN(C(=O)Nc1cccc(Cl)c1)CC2.O=C(Nc1cccc(Cl)c1)N1CCc2[nH]nc(-c3ccn[nH]3)c2C1. The number of hydrogen-bond donors (Lipinski definition) is 5. The average Bonchev–Trinajstić information content (AvgIpc) is 3.91. The number of halogens is 2. The minimum absolute atomic E-state index is 0.148. The quantitative estimate of drug-likeness (QED) is 0.149. The molecule has 0 radical (unpaired) electrons. The van der Waals surface area contributed by atoms with Gasteiger partial charge in [0.05, 0.1) is 24.5 Å². The van der Waals surface area contributed by atoms with Gasteiger partial charge in [0.1, 0.15) is 11.4 Å². The molecule has 8 rings (SSSR count). The maximum atomic E-state index is 12.6. The molecular formula is C33H32Cl2N12O2. The summed E-state index contributed by atoms with van der Waals surface area (Å²) in [6, 6.07) is 17.7. The number of urea groups is 2. The summed E-state index contributed by atoms with van der Waals surface area (Å²) >= 11 is 11.9. The van der Waals surface area contributed by atoms with Crippen LogP contribution in [0.5, 0.6) is 0 Å². The van der Waals surface area contributed by atoms with E-state index in [2.05, 4.69) is 46.3 Å². The summed E-state index contributed by atoms with van der Waals surface area (Å²) in [5, 5.41) is 33.0. The number of fused-ring (bicyclic) bond motifs is 2. The molecule has 0 saturated heterocycles. The maximum absolute atomic E-state index is 12.6. The second-order valence-electron chi connectivity index (χ2n) is 11.6. The van der Waals surface area contributed by atoms with E-state index in [0.717, 1.165) is 58.1 Å². The van der Waals surface area contributed by atoms with E-state index in [-0.39, 0.29) is 12.1 Å². The maximum Gasteiger partial charge on any atom is 0.322 e. The number of rotatable bonds is 4. The lowest BCUT2D eigenvalue weighted by Gasteiger charge is -2.27. The lowest BCUT2D eigenvalue weighted by Crippen LogP contribution is -2.38. The van der Waals surface area contributed by atoms with E-state index in [9.17, 15) is 9.59 Å². The number of aromatic nitrogens is 8. The Morgan fingerprint density at radius 2 is 1.31 bits per heavy atom. The molecule has 14 nitrogen and oxygen atoms in total. The van der Waals surface area contributed by atoms with Crippen molar-refractivity contribution in [2.75, 3.05) is 23.7 Å². The van der Waals surface area contributed by atoms with Crippen LogP contribution in [-0.4, -0.2) is 75.3 Å². The summed E-state index contributed by atoms with van der Waals surface area (Å²) in [5.74, 6) is 0. The number of nitrogens with one attached hydrogen (secondary N) is 5. The molecular weight excluding hydrogens is 667 g/mol. The van der Waals surface area contributed by atoms with Gasteiger partial charge in [0.2, 0.25) is 0 Å². The molecule has 0 atom stereocenters. The van der Waals surface area contributed by atoms with Crippen molar-refractivity contribution in [2.24, 2.45) is 7.05 Å². The van der Waals surface area contributed by atoms with Crippen molar-refractivity contribution in [3.63, 3.8) is 0 Å². The minimum Gasteiger partial charge on any atom is -0.320 e. The first-order chi connectivity index (χ1) is 23.8. The largest absolute Gasteiger partial charge is 0.322 e. The molecule has 16 heteroatoms. The van der Waals surface area contributed by atoms with Gasteiger partial charge in [-0.1, -0.05) is 35.3 Å². The molecule has 250 valence electrons. The van der Waals surface area contributed by atoms with Crippen LogP contribution >= 0.6 is 23.2 Å². The van der Waals surface area contributed by atoms with E-state index < -0.39 is 0 Å². The lowest BCUT2D eigenvalue weighted by molar-refractivity contribution is 0.205. The lowest BCUT2D eigenvalue weighted by atomic mass is 10.0. The van der Waals surface area contributed by atoms with Crippen LogP contribution in [-0.2, 0) is 33.0 Å². The third-order valence-electron chi connectivity index (χ3n) is 8.41. The molecule has 4 amide bonds. The molecule has 2 aromatic carbocycles. The van der Waals surface area contributed by atoms with Gasteiger partial charge in [-0.3, -0.25) is 20.0 Å². The van der Waals surface area contributed by atoms with Crippen molar-refractivity contribution in [3.8, 4) is 22.8 Å². The predicted molar refractivity (Wildman–Crippen MR) is 186 cm³/mol. The fraction of sp³-hybridized carbons (Fsp3) is 0.212. The summed E-state index contributed by atoms with van der Waals surface area (Å²) in [7, 11) is 1.88. The fourth-order valence-corrected chi connectivity index (χ4v) is 6.28. The molecule has 2 aliphatic heterocycles. The first-order valence-corrected chi connectivity index (χ1v) is 16.3. The monoisotopic (exact) mass is 698 g/mol. The Balaban J connectivity index is 0.000000154. The molecule has 4 aromatic heterocycles. The van der Waals surface area contributed by atoms with Gasteiger partial charge < -0.3 is 20.4 Å². The van der Waals surface area contributed by atoms with Crippen molar-refractivity contribution in [2.45, 2.75) is 25.9 Å². The van der Waals surface area contributed by atoms with Crippen LogP contribution in [0, 0.1) is 0 Å². The first-order valence-electron chi connectivity index (χ1n) is 15.6. The molecule has 49 heavy (non-hydrogen) atoms. The Hall–Kier alpha value is -5.60. The second-order valence-corrected chi connectivity index (χ2v) is 12.5. The first kappa shape index (κ1) is 32.0. The van der Waals surface area contributed by atoms with E-state index in [4.69, 9.17) is 23.2 Å². The van der Waals surface area contributed by atoms with Crippen LogP contribution in [0.4, 0.5) is 21.0 Å². The minimum atomic E-state index is -0.153. The van der Waals surface area contributed by atoms with E-state index in [1.165, 1.54) is 0 Å². The Labute approximate surface area is 290 Å². The van der Waals surface area contributed by atoms with Gasteiger partial charge in [0.25, 0.3) is 0 Å². The molecule has 0 spiro atoms. The Bertz CT molecular complexity index is 2100. The summed E-state index contributed by atoms with van der Waals surface area (Å²) in [6.07, 6.45) is 4.90. The van der Waals surface area contributed by atoms with E-state index in [0.29, 0.717) is 47.6 Å². The van der Waals surface area contributed by atoms with Crippen molar-refractivity contribution in [1.82, 2.24) is 50.2 Å². The molecule has 5 N–H and O–H groups in total. The molecule has 6 heterocycles. The zero-order chi connectivity index (χ0) is 33.9.